The molecule has 1 amide bonds. The summed E-state index contributed by atoms with van der Waals surface area (Å²) in [4.78, 5) is 16.7. The van der Waals surface area contributed by atoms with Gasteiger partial charge in [0.15, 0.2) is 0 Å². The number of carbonyl (C=O) groups excluding carboxylic acids is 1. The summed E-state index contributed by atoms with van der Waals surface area (Å²) < 4.78 is 0. The minimum absolute atomic E-state index is 0.241. The van der Waals surface area contributed by atoms with E-state index in [9.17, 15) is 4.79 Å². The van der Waals surface area contributed by atoms with Crippen LogP contribution in [0.15, 0.2) is 0 Å². The summed E-state index contributed by atoms with van der Waals surface area (Å²) in [7, 11) is 1.96. The molecule has 2 unspecified atom stereocenters. The molecule has 0 radical (unpaired) electrons. The smallest absolute Gasteiger partial charge is 0.225 e. The summed E-state index contributed by atoms with van der Waals surface area (Å²) in [6, 6.07) is 0.486. The van der Waals surface area contributed by atoms with Gasteiger partial charge < -0.3 is 15.1 Å². The number of nitrogens with one attached hydrogen (secondary N) is 1. The molecule has 18 heavy (non-hydrogen) atoms. The summed E-state index contributed by atoms with van der Waals surface area (Å²) in [5, 5.41) is 3.40. The number of carbonyl (C=O) groups is 1. The van der Waals surface area contributed by atoms with Crippen LogP contribution in [0.25, 0.3) is 0 Å². The van der Waals surface area contributed by atoms with Gasteiger partial charge in [0.25, 0.3) is 0 Å². The van der Waals surface area contributed by atoms with Crippen LogP contribution in [0.5, 0.6) is 0 Å². The molecule has 2 fully saturated rings. The lowest BCUT2D eigenvalue weighted by Crippen LogP contribution is -2.44. The number of hydrogen-bond donors (Lipinski definition) is 1. The molecule has 2 saturated heterocycles. The number of piperidine rings is 1. The second kappa shape index (κ2) is 6.53. The molecule has 0 bridgehead atoms. The van der Waals surface area contributed by atoms with Crippen molar-refractivity contribution in [2.45, 2.75) is 38.6 Å². The molecule has 1 N–H and O–H groups in total. The lowest BCUT2D eigenvalue weighted by atomic mass is 9.92. The van der Waals surface area contributed by atoms with Crippen molar-refractivity contribution in [3.63, 3.8) is 0 Å². The number of nitrogens with zero attached hydrogens (tertiary/aromatic N) is 2. The Kier molecular flexibility index (Phi) is 5.01. The van der Waals surface area contributed by atoms with Gasteiger partial charge in [-0.1, -0.05) is 0 Å². The van der Waals surface area contributed by atoms with Crippen molar-refractivity contribution in [1.29, 1.82) is 0 Å². The van der Waals surface area contributed by atoms with E-state index in [1.54, 1.807) is 0 Å². The van der Waals surface area contributed by atoms with Crippen molar-refractivity contribution in [1.82, 2.24) is 15.1 Å². The zero-order valence-electron chi connectivity index (χ0n) is 11.8. The van der Waals surface area contributed by atoms with E-state index >= 15 is 0 Å². The van der Waals surface area contributed by atoms with Gasteiger partial charge in [0.1, 0.15) is 0 Å². The zero-order chi connectivity index (χ0) is 13.0. The Bertz CT molecular complexity index is 276. The van der Waals surface area contributed by atoms with Gasteiger partial charge in [-0.3, -0.25) is 4.79 Å². The van der Waals surface area contributed by atoms with Crippen LogP contribution in [-0.4, -0.2) is 61.5 Å². The summed E-state index contributed by atoms with van der Waals surface area (Å²) >= 11 is 0. The van der Waals surface area contributed by atoms with E-state index < -0.39 is 0 Å². The number of likely N-dealkylation sites (N-methyl/N-ethyl adjacent to an activating group) is 1. The number of rotatable bonds is 4. The van der Waals surface area contributed by atoms with Gasteiger partial charge in [-0.25, -0.2) is 0 Å². The van der Waals surface area contributed by atoms with Crippen molar-refractivity contribution in [3.8, 4) is 0 Å². The SMILES string of the molecule is CC1CC(C(=O)N(C)CCN2CCCC2)CCN1. The van der Waals surface area contributed by atoms with Gasteiger partial charge in [0.05, 0.1) is 0 Å². The first-order valence-electron chi connectivity index (χ1n) is 7.37. The van der Waals surface area contributed by atoms with E-state index in [2.05, 4.69) is 17.1 Å². The quantitative estimate of drug-likeness (QED) is 0.809. The first-order chi connectivity index (χ1) is 8.66. The molecule has 2 heterocycles. The largest absolute Gasteiger partial charge is 0.344 e. The van der Waals surface area contributed by atoms with Crippen molar-refractivity contribution in [2.24, 2.45) is 5.92 Å². The lowest BCUT2D eigenvalue weighted by molar-refractivity contribution is -0.135. The minimum atomic E-state index is 0.241. The van der Waals surface area contributed by atoms with E-state index in [-0.39, 0.29) is 5.92 Å². The molecular formula is C14H27N3O. The molecule has 0 saturated carbocycles. The Morgan fingerprint density at radius 1 is 1.39 bits per heavy atom. The fourth-order valence-corrected chi connectivity index (χ4v) is 3.08. The van der Waals surface area contributed by atoms with Crippen LogP contribution in [0.2, 0.25) is 0 Å². The standard InChI is InChI=1S/C14H27N3O/c1-12-11-13(5-6-15-12)14(18)16(2)9-10-17-7-3-4-8-17/h12-13,15H,3-11H2,1-2H3. The second-order valence-electron chi connectivity index (χ2n) is 5.89. The highest BCUT2D eigenvalue weighted by Gasteiger charge is 2.27. The first-order valence-corrected chi connectivity index (χ1v) is 7.37. The second-order valence-corrected chi connectivity index (χ2v) is 5.89. The van der Waals surface area contributed by atoms with Crippen LogP contribution >= 0.6 is 0 Å². The highest BCUT2D eigenvalue weighted by molar-refractivity contribution is 5.78. The molecule has 0 aromatic heterocycles. The Balaban J connectivity index is 1.73. The van der Waals surface area contributed by atoms with E-state index in [4.69, 9.17) is 0 Å². The third-order valence-corrected chi connectivity index (χ3v) is 4.30. The fraction of sp³-hybridized carbons (Fsp3) is 0.929. The molecule has 0 aromatic carbocycles. The fourth-order valence-electron chi connectivity index (χ4n) is 3.08. The predicted octanol–water partition coefficient (Wildman–Crippen LogP) is 0.929. The Labute approximate surface area is 111 Å². The van der Waals surface area contributed by atoms with E-state index in [0.717, 1.165) is 32.5 Å². The normalized spacial score (nSPS) is 29.4. The van der Waals surface area contributed by atoms with Crippen LogP contribution in [0.4, 0.5) is 0 Å². The van der Waals surface area contributed by atoms with Gasteiger partial charge in [0, 0.05) is 32.1 Å². The molecule has 104 valence electrons. The Hall–Kier alpha value is -0.610. The maximum Gasteiger partial charge on any atom is 0.225 e. The van der Waals surface area contributed by atoms with E-state index in [0.29, 0.717) is 11.9 Å². The third-order valence-electron chi connectivity index (χ3n) is 4.30. The van der Waals surface area contributed by atoms with Crippen molar-refractivity contribution in [2.75, 3.05) is 39.8 Å². The number of amides is 1. The van der Waals surface area contributed by atoms with Gasteiger partial charge in [-0.15, -0.1) is 0 Å². The molecule has 0 spiro atoms. The third kappa shape index (κ3) is 3.69. The molecule has 4 nitrogen and oxygen atoms in total. The minimum Gasteiger partial charge on any atom is -0.344 e. The summed E-state index contributed by atoms with van der Waals surface area (Å²) in [5.41, 5.74) is 0. The number of likely N-dealkylation sites (tertiary alicyclic amines) is 1. The van der Waals surface area contributed by atoms with Crippen LogP contribution in [0.3, 0.4) is 0 Å². The van der Waals surface area contributed by atoms with Gasteiger partial charge in [-0.2, -0.15) is 0 Å². The molecular weight excluding hydrogens is 226 g/mol. The van der Waals surface area contributed by atoms with Crippen LogP contribution in [-0.2, 0) is 4.79 Å². The van der Waals surface area contributed by atoms with Gasteiger partial charge >= 0.3 is 0 Å². The van der Waals surface area contributed by atoms with E-state index in [1.807, 2.05) is 11.9 Å². The average Bonchev–Trinajstić information content (AvgIpc) is 2.88. The highest BCUT2D eigenvalue weighted by atomic mass is 16.2. The lowest BCUT2D eigenvalue weighted by Gasteiger charge is -2.31. The highest BCUT2D eigenvalue weighted by Crippen LogP contribution is 2.18. The average molecular weight is 253 g/mol. The van der Waals surface area contributed by atoms with Crippen LogP contribution in [0, 0.1) is 5.92 Å². The molecule has 4 heteroatoms. The molecule has 2 aliphatic rings. The van der Waals surface area contributed by atoms with Gasteiger partial charge in [0.2, 0.25) is 5.91 Å². The molecule has 2 rings (SSSR count). The topological polar surface area (TPSA) is 35.6 Å². The molecule has 2 aliphatic heterocycles. The monoisotopic (exact) mass is 253 g/mol. The maximum atomic E-state index is 12.3. The zero-order valence-corrected chi connectivity index (χ0v) is 11.8. The van der Waals surface area contributed by atoms with E-state index in [1.165, 1.54) is 25.9 Å². The maximum absolute atomic E-state index is 12.3. The van der Waals surface area contributed by atoms with Crippen LogP contribution < -0.4 is 5.32 Å². The summed E-state index contributed by atoms with van der Waals surface area (Å²) in [6.45, 7) is 7.51. The van der Waals surface area contributed by atoms with Crippen LogP contribution in [0.1, 0.15) is 32.6 Å². The molecule has 2 atom stereocenters. The summed E-state index contributed by atoms with van der Waals surface area (Å²) in [5.74, 6) is 0.590. The van der Waals surface area contributed by atoms with Crippen molar-refractivity contribution < 1.29 is 4.79 Å². The first kappa shape index (κ1) is 13.8. The van der Waals surface area contributed by atoms with Crippen molar-refractivity contribution >= 4 is 5.91 Å². The summed E-state index contributed by atoms with van der Waals surface area (Å²) in [6.07, 6.45) is 4.64. The molecule has 0 aliphatic carbocycles. The molecule has 0 aromatic rings. The Morgan fingerprint density at radius 3 is 2.78 bits per heavy atom. The predicted molar refractivity (Wildman–Crippen MR) is 73.5 cm³/mol. The van der Waals surface area contributed by atoms with Gasteiger partial charge in [-0.05, 0) is 52.2 Å². The number of hydrogen-bond acceptors (Lipinski definition) is 3. The van der Waals surface area contributed by atoms with Crippen molar-refractivity contribution in [3.05, 3.63) is 0 Å². The Morgan fingerprint density at radius 2 is 2.11 bits per heavy atom.